The van der Waals surface area contributed by atoms with Crippen LogP contribution in [0.2, 0.25) is 0 Å². The van der Waals surface area contributed by atoms with Crippen LogP contribution in [-0.4, -0.2) is 13.4 Å². The number of nitrogens with two attached hydrogens (primary N) is 1. The van der Waals surface area contributed by atoms with Gasteiger partial charge in [0.25, 0.3) is 10.0 Å². The molecule has 0 aliphatic heterocycles. The molecule has 0 spiro atoms. The van der Waals surface area contributed by atoms with E-state index < -0.39 is 10.0 Å². The molecule has 0 saturated heterocycles. The first kappa shape index (κ1) is 12.9. The van der Waals surface area contributed by atoms with E-state index in [2.05, 4.69) is 9.71 Å². The Kier molecular flexibility index (Phi) is 3.07. The standard InChI is InChI=1S/C13H11N3O2S2/c14-9-1-4-11(5-2-9)20(17,18)16-10-3-6-13-12(7-10)15-8-19-13/h1-8,16H,14H2. The first-order valence-corrected chi connectivity index (χ1v) is 8.12. The summed E-state index contributed by atoms with van der Waals surface area (Å²) < 4.78 is 28.0. The Bertz CT molecular complexity index is 855. The van der Waals surface area contributed by atoms with Gasteiger partial charge in [0.1, 0.15) is 0 Å². The summed E-state index contributed by atoms with van der Waals surface area (Å²) in [7, 11) is -3.61. The maximum absolute atomic E-state index is 12.2. The maximum Gasteiger partial charge on any atom is 0.261 e. The first-order chi connectivity index (χ1) is 9.54. The molecule has 2 aromatic carbocycles. The van der Waals surface area contributed by atoms with Gasteiger partial charge < -0.3 is 5.73 Å². The Hall–Kier alpha value is -2.12. The highest BCUT2D eigenvalue weighted by molar-refractivity contribution is 7.92. The lowest BCUT2D eigenvalue weighted by Gasteiger charge is -2.08. The molecule has 0 saturated carbocycles. The third kappa shape index (κ3) is 2.45. The number of thiazole rings is 1. The van der Waals surface area contributed by atoms with Crippen molar-refractivity contribution >= 4 is 43.0 Å². The molecule has 1 aromatic heterocycles. The van der Waals surface area contributed by atoms with Gasteiger partial charge in [0.15, 0.2) is 0 Å². The van der Waals surface area contributed by atoms with Gasteiger partial charge >= 0.3 is 0 Å². The van der Waals surface area contributed by atoms with Crippen LogP contribution in [-0.2, 0) is 10.0 Å². The van der Waals surface area contributed by atoms with Crippen molar-refractivity contribution in [3.8, 4) is 0 Å². The Morgan fingerprint density at radius 1 is 1.10 bits per heavy atom. The topological polar surface area (TPSA) is 85.1 Å². The van der Waals surface area contributed by atoms with Crippen molar-refractivity contribution in [1.29, 1.82) is 0 Å². The highest BCUT2D eigenvalue weighted by Gasteiger charge is 2.14. The van der Waals surface area contributed by atoms with Crippen LogP contribution in [0.1, 0.15) is 0 Å². The van der Waals surface area contributed by atoms with Crippen molar-refractivity contribution in [3.63, 3.8) is 0 Å². The highest BCUT2D eigenvalue weighted by atomic mass is 32.2. The van der Waals surface area contributed by atoms with Crippen molar-refractivity contribution in [2.24, 2.45) is 0 Å². The number of hydrogen-bond donors (Lipinski definition) is 2. The van der Waals surface area contributed by atoms with Gasteiger partial charge in [-0.2, -0.15) is 0 Å². The van der Waals surface area contributed by atoms with E-state index in [9.17, 15) is 8.42 Å². The predicted octanol–water partition coefficient (Wildman–Crippen LogP) is 2.68. The SMILES string of the molecule is Nc1ccc(S(=O)(=O)Nc2ccc3scnc3c2)cc1. The number of nitrogens with one attached hydrogen (secondary N) is 1. The van der Waals surface area contributed by atoms with Crippen molar-refractivity contribution in [2.45, 2.75) is 4.90 Å². The van der Waals surface area contributed by atoms with E-state index in [-0.39, 0.29) is 4.90 Å². The van der Waals surface area contributed by atoms with Gasteiger partial charge in [0.2, 0.25) is 0 Å². The summed E-state index contributed by atoms with van der Waals surface area (Å²) in [6, 6.07) is 11.3. The minimum atomic E-state index is -3.61. The lowest BCUT2D eigenvalue weighted by Crippen LogP contribution is -2.12. The zero-order valence-corrected chi connectivity index (χ0v) is 11.9. The molecule has 0 radical (unpaired) electrons. The lowest BCUT2D eigenvalue weighted by atomic mass is 10.3. The molecule has 0 aliphatic rings. The van der Waals surface area contributed by atoms with Gasteiger partial charge in [-0.05, 0) is 42.5 Å². The Balaban J connectivity index is 1.94. The van der Waals surface area contributed by atoms with Crippen LogP contribution in [0.4, 0.5) is 11.4 Å². The van der Waals surface area contributed by atoms with E-state index in [1.165, 1.54) is 23.5 Å². The van der Waals surface area contributed by atoms with Crippen LogP contribution in [0.25, 0.3) is 10.2 Å². The molecular weight excluding hydrogens is 294 g/mol. The third-order valence-electron chi connectivity index (χ3n) is 2.77. The highest BCUT2D eigenvalue weighted by Crippen LogP contribution is 2.23. The molecule has 0 atom stereocenters. The minimum Gasteiger partial charge on any atom is -0.399 e. The van der Waals surface area contributed by atoms with E-state index in [0.29, 0.717) is 11.4 Å². The van der Waals surface area contributed by atoms with Gasteiger partial charge in [-0.1, -0.05) is 0 Å². The number of benzene rings is 2. The predicted molar refractivity (Wildman–Crippen MR) is 81.3 cm³/mol. The minimum absolute atomic E-state index is 0.171. The Morgan fingerprint density at radius 2 is 1.85 bits per heavy atom. The lowest BCUT2D eigenvalue weighted by molar-refractivity contribution is 0.601. The fourth-order valence-corrected chi connectivity index (χ4v) is 3.49. The summed E-state index contributed by atoms with van der Waals surface area (Å²) in [5.74, 6) is 0. The molecule has 0 bridgehead atoms. The Morgan fingerprint density at radius 3 is 2.60 bits per heavy atom. The second-order valence-electron chi connectivity index (χ2n) is 4.21. The number of anilines is 2. The monoisotopic (exact) mass is 305 g/mol. The number of sulfonamides is 1. The molecule has 102 valence electrons. The molecule has 0 fully saturated rings. The molecule has 0 aliphatic carbocycles. The van der Waals surface area contributed by atoms with Gasteiger partial charge in [0, 0.05) is 5.69 Å². The fraction of sp³-hybridized carbons (Fsp3) is 0. The average Bonchev–Trinajstić information content (AvgIpc) is 2.86. The van der Waals surface area contributed by atoms with Gasteiger partial charge in [-0.15, -0.1) is 11.3 Å². The van der Waals surface area contributed by atoms with Crippen molar-refractivity contribution in [3.05, 3.63) is 48.0 Å². The molecule has 5 nitrogen and oxygen atoms in total. The molecule has 20 heavy (non-hydrogen) atoms. The first-order valence-electron chi connectivity index (χ1n) is 5.76. The van der Waals surface area contributed by atoms with E-state index >= 15 is 0 Å². The zero-order chi connectivity index (χ0) is 14.2. The van der Waals surface area contributed by atoms with Gasteiger partial charge in [0.05, 0.1) is 26.3 Å². The number of rotatable bonds is 3. The molecular formula is C13H11N3O2S2. The van der Waals surface area contributed by atoms with E-state index in [1.807, 2.05) is 6.07 Å². The van der Waals surface area contributed by atoms with Crippen LogP contribution >= 0.6 is 11.3 Å². The zero-order valence-electron chi connectivity index (χ0n) is 10.3. The summed E-state index contributed by atoms with van der Waals surface area (Å²) in [5, 5.41) is 0. The number of hydrogen-bond acceptors (Lipinski definition) is 5. The van der Waals surface area contributed by atoms with E-state index in [4.69, 9.17) is 5.73 Å². The normalized spacial score (nSPS) is 11.6. The summed E-state index contributed by atoms with van der Waals surface area (Å²) in [6.45, 7) is 0. The van der Waals surface area contributed by atoms with Crippen LogP contribution < -0.4 is 10.5 Å². The largest absolute Gasteiger partial charge is 0.399 e. The number of fused-ring (bicyclic) bond motifs is 1. The van der Waals surface area contributed by atoms with Crippen LogP contribution in [0.15, 0.2) is 52.9 Å². The number of nitrogen functional groups attached to an aromatic ring is 1. The van der Waals surface area contributed by atoms with E-state index in [1.54, 1.807) is 29.8 Å². The molecule has 0 amide bonds. The smallest absolute Gasteiger partial charge is 0.261 e. The second kappa shape index (κ2) is 4.77. The van der Waals surface area contributed by atoms with E-state index in [0.717, 1.165) is 10.2 Å². The van der Waals surface area contributed by atoms with Crippen LogP contribution in [0.3, 0.4) is 0 Å². The van der Waals surface area contributed by atoms with Crippen molar-refractivity contribution < 1.29 is 8.42 Å². The maximum atomic E-state index is 12.2. The summed E-state index contributed by atoms with van der Waals surface area (Å²) in [5.41, 5.74) is 9.05. The molecule has 3 N–H and O–H groups in total. The van der Waals surface area contributed by atoms with Crippen LogP contribution in [0.5, 0.6) is 0 Å². The molecule has 1 heterocycles. The summed E-state index contributed by atoms with van der Waals surface area (Å²) >= 11 is 1.51. The second-order valence-corrected chi connectivity index (χ2v) is 6.78. The van der Waals surface area contributed by atoms with Crippen LogP contribution in [0, 0.1) is 0 Å². The third-order valence-corrected chi connectivity index (χ3v) is 4.98. The van der Waals surface area contributed by atoms with Gasteiger partial charge in [-0.25, -0.2) is 13.4 Å². The molecule has 3 aromatic rings. The molecule has 0 unspecified atom stereocenters. The average molecular weight is 305 g/mol. The Labute approximate surface area is 120 Å². The number of aromatic nitrogens is 1. The van der Waals surface area contributed by atoms with Crippen molar-refractivity contribution in [2.75, 3.05) is 10.5 Å². The summed E-state index contributed by atoms with van der Waals surface area (Å²) in [6.07, 6.45) is 0. The quantitative estimate of drug-likeness (QED) is 0.729. The summed E-state index contributed by atoms with van der Waals surface area (Å²) in [4.78, 5) is 4.33. The van der Waals surface area contributed by atoms with Crippen molar-refractivity contribution in [1.82, 2.24) is 4.98 Å². The van der Waals surface area contributed by atoms with Gasteiger partial charge in [-0.3, -0.25) is 4.72 Å². The molecule has 7 heteroatoms. The fourth-order valence-electron chi connectivity index (χ4n) is 1.78. The molecule has 3 rings (SSSR count). The number of nitrogens with zero attached hydrogens (tertiary/aromatic N) is 1.